The summed E-state index contributed by atoms with van der Waals surface area (Å²) in [7, 11) is 0. The molecule has 0 rings (SSSR count). The first-order valence-corrected chi connectivity index (χ1v) is 14.2. The number of nitrogens with zero attached hydrogens (tertiary/aromatic N) is 3. The standard InChI is InChI=1S/C28H57N5O6/c1-26(2,3)37-23(34)31(19-12-15-29)17-10-11-18-32(24(35)38-27(4,5)6)21-14-22-33(20-13-16-30)25(36)39-28(7,8)9/h10-22,29-30H2,1-9H3. The van der Waals surface area contributed by atoms with Gasteiger partial charge in [0.2, 0.25) is 0 Å². The van der Waals surface area contributed by atoms with Crippen molar-refractivity contribution in [3.8, 4) is 0 Å². The van der Waals surface area contributed by atoms with Crippen LogP contribution in [0.15, 0.2) is 0 Å². The van der Waals surface area contributed by atoms with E-state index in [2.05, 4.69) is 0 Å². The Morgan fingerprint density at radius 2 is 0.692 bits per heavy atom. The third-order valence-electron chi connectivity index (χ3n) is 5.18. The Hall–Kier alpha value is -2.27. The van der Waals surface area contributed by atoms with Crippen molar-refractivity contribution >= 4 is 18.3 Å². The van der Waals surface area contributed by atoms with Crippen LogP contribution in [0.25, 0.3) is 0 Å². The van der Waals surface area contributed by atoms with Crippen molar-refractivity contribution in [1.29, 1.82) is 0 Å². The highest BCUT2D eigenvalue weighted by atomic mass is 16.6. The fourth-order valence-corrected chi connectivity index (χ4v) is 3.48. The molecule has 0 spiro atoms. The van der Waals surface area contributed by atoms with E-state index >= 15 is 0 Å². The van der Waals surface area contributed by atoms with Gasteiger partial charge in [-0.3, -0.25) is 0 Å². The summed E-state index contributed by atoms with van der Waals surface area (Å²) < 4.78 is 16.7. The molecule has 11 nitrogen and oxygen atoms in total. The zero-order valence-electron chi connectivity index (χ0n) is 26.1. The van der Waals surface area contributed by atoms with Crippen LogP contribution in [-0.4, -0.2) is 102 Å². The first-order valence-electron chi connectivity index (χ1n) is 14.2. The van der Waals surface area contributed by atoms with Crippen molar-refractivity contribution in [1.82, 2.24) is 14.7 Å². The van der Waals surface area contributed by atoms with Gasteiger partial charge in [-0.05, 0) is 108 Å². The second-order valence-corrected chi connectivity index (χ2v) is 12.7. The minimum atomic E-state index is -0.630. The van der Waals surface area contributed by atoms with Gasteiger partial charge in [0.15, 0.2) is 0 Å². The van der Waals surface area contributed by atoms with Crippen LogP contribution in [-0.2, 0) is 14.2 Å². The van der Waals surface area contributed by atoms with Gasteiger partial charge in [-0.2, -0.15) is 0 Å². The lowest BCUT2D eigenvalue weighted by atomic mass is 10.2. The number of nitrogens with two attached hydrogens (primary N) is 2. The number of hydrogen-bond acceptors (Lipinski definition) is 8. The highest BCUT2D eigenvalue weighted by Crippen LogP contribution is 2.14. The maximum absolute atomic E-state index is 12.9. The molecule has 0 saturated carbocycles. The average molecular weight is 560 g/mol. The van der Waals surface area contributed by atoms with Crippen LogP contribution in [0.1, 0.15) is 94.4 Å². The van der Waals surface area contributed by atoms with Crippen molar-refractivity contribution in [2.24, 2.45) is 11.5 Å². The van der Waals surface area contributed by atoms with Gasteiger partial charge in [0.1, 0.15) is 16.8 Å². The van der Waals surface area contributed by atoms with Crippen LogP contribution in [0, 0.1) is 0 Å². The molecule has 0 heterocycles. The normalized spacial score (nSPS) is 12.1. The zero-order valence-corrected chi connectivity index (χ0v) is 26.1. The first kappa shape index (κ1) is 36.7. The Morgan fingerprint density at radius 3 is 0.923 bits per heavy atom. The van der Waals surface area contributed by atoms with Crippen LogP contribution in [0.4, 0.5) is 14.4 Å². The molecule has 0 bridgehead atoms. The third-order valence-corrected chi connectivity index (χ3v) is 5.18. The molecule has 230 valence electrons. The molecular weight excluding hydrogens is 502 g/mol. The lowest BCUT2D eigenvalue weighted by Crippen LogP contribution is -2.42. The average Bonchev–Trinajstić information content (AvgIpc) is 2.75. The maximum Gasteiger partial charge on any atom is 0.410 e. The van der Waals surface area contributed by atoms with Crippen molar-refractivity contribution in [2.45, 2.75) is 111 Å². The van der Waals surface area contributed by atoms with Gasteiger partial charge in [-0.15, -0.1) is 0 Å². The Morgan fingerprint density at radius 1 is 0.462 bits per heavy atom. The van der Waals surface area contributed by atoms with Gasteiger partial charge in [-0.1, -0.05) is 0 Å². The Kier molecular flexibility index (Phi) is 16.4. The van der Waals surface area contributed by atoms with E-state index in [9.17, 15) is 14.4 Å². The van der Waals surface area contributed by atoms with E-state index in [4.69, 9.17) is 25.7 Å². The molecule has 0 aromatic carbocycles. The van der Waals surface area contributed by atoms with Crippen LogP contribution in [0.2, 0.25) is 0 Å². The van der Waals surface area contributed by atoms with Crippen molar-refractivity contribution < 1.29 is 28.6 Å². The van der Waals surface area contributed by atoms with E-state index in [1.807, 2.05) is 62.3 Å². The van der Waals surface area contributed by atoms with Crippen molar-refractivity contribution in [3.63, 3.8) is 0 Å². The molecule has 0 aromatic heterocycles. The molecule has 0 radical (unpaired) electrons. The topological polar surface area (TPSA) is 141 Å². The molecule has 4 N–H and O–H groups in total. The number of carbonyl (C=O) groups excluding carboxylic acids is 3. The highest BCUT2D eigenvalue weighted by molar-refractivity contribution is 5.69. The van der Waals surface area contributed by atoms with Crippen LogP contribution >= 0.6 is 0 Å². The van der Waals surface area contributed by atoms with Crippen LogP contribution in [0.5, 0.6) is 0 Å². The second-order valence-electron chi connectivity index (χ2n) is 12.7. The fourth-order valence-electron chi connectivity index (χ4n) is 3.48. The molecule has 0 aliphatic carbocycles. The monoisotopic (exact) mass is 559 g/mol. The molecule has 11 heteroatoms. The smallest absolute Gasteiger partial charge is 0.410 e. The molecule has 0 saturated heterocycles. The molecule has 0 fully saturated rings. The van der Waals surface area contributed by atoms with Gasteiger partial charge < -0.3 is 40.4 Å². The van der Waals surface area contributed by atoms with Crippen molar-refractivity contribution in [2.75, 3.05) is 52.4 Å². The fraction of sp³-hybridized carbons (Fsp3) is 0.893. The van der Waals surface area contributed by atoms with Crippen LogP contribution < -0.4 is 11.5 Å². The molecule has 0 atom stereocenters. The number of rotatable bonds is 15. The molecular formula is C28H57N5O6. The maximum atomic E-state index is 12.9. The predicted octanol–water partition coefficient (Wildman–Crippen LogP) is 4.57. The predicted molar refractivity (Wildman–Crippen MR) is 155 cm³/mol. The number of hydrogen-bond donors (Lipinski definition) is 2. The van der Waals surface area contributed by atoms with E-state index in [1.165, 1.54) is 0 Å². The molecule has 0 aromatic rings. The largest absolute Gasteiger partial charge is 0.444 e. The van der Waals surface area contributed by atoms with E-state index < -0.39 is 22.9 Å². The van der Waals surface area contributed by atoms with E-state index in [0.717, 1.165) is 0 Å². The summed E-state index contributed by atoms with van der Waals surface area (Å²) in [5.41, 5.74) is 9.50. The summed E-state index contributed by atoms with van der Waals surface area (Å²) in [5, 5.41) is 0. The minimum absolute atomic E-state index is 0.361. The second kappa shape index (κ2) is 17.4. The summed E-state index contributed by atoms with van der Waals surface area (Å²) in [5.74, 6) is 0. The Bertz CT molecular complexity index is 727. The van der Waals surface area contributed by atoms with Gasteiger partial charge in [0.05, 0.1) is 0 Å². The number of carbonyl (C=O) groups is 3. The van der Waals surface area contributed by atoms with Crippen molar-refractivity contribution in [3.05, 3.63) is 0 Å². The van der Waals surface area contributed by atoms with E-state index in [-0.39, 0.29) is 12.2 Å². The molecule has 0 aliphatic rings. The van der Waals surface area contributed by atoms with Gasteiger partial charge in [0, 0.05) is 39.3 Å². The van der Waals surface area contributed by atoms with Gasteiger partial charge >= 0.3 is 18.3 Å². The third kappa shape index (κ3) is 19.4. The quantitative estimate of drug-likeness (QED) is 0.220. The molecule has 0 unspecified atom stereocenters. The minimum Gasteiger partial charge on any atom is -0.444 e. The summed E-state index contributed by atoms with van der Waals surface area (Å²) >= 11 is 0. The SMILES string of the molecule is CC(C)(C)OC(=O)N(CCCN)CCCCN(CCCN(CCCN)C(=O)OC(C)(C)C)C(=O)OC(C)(C)C. The molecule has 3 amide bonds. The van der Waals surface area contributed by atoms with Gasteiger partial charge in [0.25, 0.3) is 0 Å². The summed E-state index contributed by atoms with van der Waals surface area (Å²) in [6.45, 7) is 20.3. The number of amides is 3. The number of ether oxygens (including phenoxy) is 3. The van der Waals surface area contributed by atoms with Gasteiger partial charge in [-0.25, -0.2) is 14.4 Å². The van der Waals surface area contributed by atoms with E-state index in [1.54, 1.807) is 14.7 Å². The number of unbranched alkanes of at least 4 members (excludes halogenated alkanes) is 1. The Labute approximate surface area is 236 Å². The molecule has 0 aliphatic heterocycles. The zero-order chi connectivity index (χ0) is 30.3. The Balaban J connectivity index is 5.18. The van der Waals surface area contributed by atoms with E-state index in [0.29, 0.717) is 84.5 Å². The molecule has 39 heavy (non-hydrogen) atoms. The highest BCUT2D eigenvalue weighted by Gasteiger charge is 2.25. The summed E-state index contributed by atoms with van der Waals surface area (Å²) in [4.78, 5) is 43.2. The lowest BCUT2D eigenvalue weighted by Gasteiger charge is -2.30. The lowest BCUT2D eigenvalue weighted by molar-refractivity contribution is 0.0182. The summed E-state index contributed by atoms with van der Waals surface area (Å²) in [6.07, 6.45) is 2.10. The summed E-state index contributed by atoms with van der Waals surface area (Å²) in [6, 6.07) is 0. The first-order chi connectivity index (χ1) is 17.9. The van der Waals surface area contributed by atoms with Crippen LogP contribution in [0.3, 0.4) is 0 Å².